The Hall–Kier alpha value is -3.04. The van der Waals surface area contributed by atoms with Gasteiger partial charge in [0.1, 0.15) is 17.3 Å². The summed E-state index contributed by atoms with van der Waals surface area (Å²) in [6.07, 6.45) is 2.76. The number of hydrogen-bond acceptors (Lipinski definition) is 3. The monoisotopic (exact) mass is 420 g/mol. The minimum absolute atomic E-state index is 0.459. The number of nitrogens with zero attached hydrogens (tertiary/aromatic N) is 2. The minimum Gasteiger partial charge on any atom is -0.399 e. The van der Waals surface area contributed by atoms with E-state index in [2.05, 4.69) is 9.66 Å². The zero-order valence-corrected chi connectivity index (χ0v) is 17.7. The van der Waals surface area contributed by atoms with Crippen LogP contribution in [0, 0.1) is 0 Å². The van der Waals surface area contributed by atoms with Crippen LogP contribution in [-0.4, -0.2) is 23.8 Å². The van der Waals surface area contributed by atoms with Crippen LogP contribution in [0.4, 0.5) is 0 Å². The van der Waals surface area contributed by atoms with E-state index < -0.39 is 7.75 Å². The van der Waals surface area contributed by atoms with Crippen LogP contribution in [0.25, 0.3) is 0 Å². The second-order valence-corrected chi connectivity index (χ2v) is 8.65. The van der Waals surface area contributed by atoms with Gasteiger partial charge in [0.2, 0.25) is 0 Å². The summed E-state index contributed by atoms with van der Waals surface area (Å²) < 4.78 is 30.2. The molecule has 0 atom stereocenters. The van der Waals surface area contributed by atoms with Crippen LogP contribution in [0.15, 0.2) is 95.8 Å². The summed E-state index contributed by atoms with van der Waals surface area (Å²) in [5, 5.41) is 0. The fourth-order valence-corrected chi connectivity index (χ4v) is 4.77. The van der Waals surface area contributed by atoms with Gasteiger partial charge in [-0.05, 0) is 42.7 Å². The molecule has 0 N–H and O–H groups in total. The average molecular weight is 420 g/mol. The highest BCUT2D eigenvalue weighted by Crippen LogP contribution is 2.50. The van der Waals surface area contributed by atoms with Crippen molar-refractivity contribution in [2.24, 2.45) is 4.76 Å². The minimum atomic E-state index is -3.86. The molecule has 0 aromatic heterocycles. The Labute approximate surface area is 177 Å². The summed E-state index contributed by atoms with van der Waals surface area (Å²) in [4.78, 5) is 2.18. The zero-order valence-electron chi connectivity index (χ0n) is 16.8. The zero-order chi connectivity index (χ0) is 20.7. The molecule has 1 fully saturated rings. The maximum atomic E-state index is 13.9. The fraction of sp³-hybridized carbons (Fsp3) is 0.208. The van der Waals surface area contributed by atoms with Gasteiger partial charge in [0.05, 0.1) is 0 Å². The van der Waals surface area contributed by atoms with E-state index in [1.54, 1.807) is 24.3 Å². The first-order chi connectivity index (χ1) is 14.7. The van der Waals surface area contributed by atoms with E-state index >= 15 is 0 Å². The molecule has 1 heterocycles. The van der Waals surface area contributed by atoms with Gasteiger partial charge in [0.25, 0.3) is 0 Å². The molecule has 6 heteroatoms. The highest BCUT2D eigenvalue weighted by atomic mass is 31.2. The highest BCUT2D eigenvalue weighted by Gasteiger charge is 2.31. The number of amidine groups is 1. The molecule has 0 aliphatic carbocycles. The van der Waals surface area contributed by atoms with Crippen LogP contribution in [0.3, 0.4) is 0 Å². The van der Waals surface area contributed by atoms with E-state index in [-0.39, 0.29) is 0 Å². The Kier molecular flexibility index (Phi) is 6.50. The van der Waals surface area contributed by atoms with E-state index in [0.29, 0.717) is 17.9 Å². The summed E-state index contributed by atoms with van der Waals surface area (Å²) in [5.74, 6) is 1.65. The van der Waals surface area contributed by atoms with Gasteiger partial charge in [0, 0.05) is 19.5 Å². The molecule has 3 aromatic rings. The Morgan fingerprint density at radius 2 is 1.23 bits per heavy atom. The summed E-state index contributed by atoms with van der Waals surface area (Å²) in [6.45, 7) is 1.78. The van der Waals surface area contributed by atoms with Gasteiger partial charge in [-0.3, -0.25) is 0 Å². The third-order valence-corrected chi connectivity index (χ3v) is 6.20. The van der Waals surface area contributed by atoms with Crippen molar-refractivity contribution >= 4 is 13.6 Å². The van der Waals surface area contributed by atoms with Crippen LogP contribution >= 0.6 is 7.75 Å². The van der Waals surface area contributed by atoms with Crippen molar-refractivity contribution < 1.29 is 13.6 Å². The standard InChI is InChI=1S/C24H25N2O3P/c27-30(28-22-14-6-2-7-15-22,29-23-16-8-3-9-17-23)25-24(26-18-10-11-19-26)20-21-12-4-1-5-13-21/h1-9,12-17H,10-11,18-20H2/b25-24-. The van der Waals surface area contributed by atoms with Gasteiger partial charge < -0.3 is 13.9 Å². The molecule has 0 spiro atoms. The van der Waals surface area contributed by atoms with Crippen LogP contribution in [0.5, 0.6) is 11.5 Å². The van der Waals surface area contributed by atoms with Crippen molar-refractivity contribution in [2.45, 2.75) is 19.3 Å². The van der Waals surface area contributed by atoms with E-state index in [4.69, 9.17) is 9.05 Å². The molecule has 3 aromatic carbocycles. The SMILES string of the molecule is O=P(/N=C(/Cc1ccccc1)N1CCCC1)(Oc1ccccc1)Oc1ccccc1. The van der Waals surface area contributed by atoms with Crippen LogP contribution in [0.1, 0.15) is 18.4 Å². The van der Waals surface area contributed by atoms with Gasteiger partial charge in [-0.1, -0.05) is 66.7 Å². The summed E-state index contributed by atoms with van der Waals surface area (Å²) in [5.41, 5.74) is 1.11. The number of likely N-dealkylation sites (tertiary alicyclic amines) is 1. The van der Waals surface area contributed by atoms with Gasteiger partial charge in [-0.25, -0.2) is 4.57 Å². The van der Waals surface area contributed by atoms with Crippen molar-refractivity contribution in [1.82, 2.24) is 4.90 Å². The summed E-state index contributed by atoms with van der Waals surface area (Å²) in [7, 11) is -3.86. The van der Waals surface area contributed by atoms with E-state index in [1.165, 1.54) is 0 Å². The lowest BCUT2D eigenvalue weighted by molar-refractivity contribution is 0.386. The lowest BCUT2D eigenvalue weighted by Crippen LogP contribution is -2.30. The first-order valence-electron chi connectivity index (χ1n) is 10.2. The van der Waals surface area contributed by atoms with E-state index in [9.17, 15) is 4.57 Å². The molecule has 1 saturated heterocycles. The number of benzene rings is 3. The van der Waals surface area contributed by atoms with Crippen molar-refractivity contribution in [3.63, 3.8) is 0 Å². The van der Waals surface area contributed by atoms with Gasteiger partial charge in [-0.2, -0.15) is 0 Å². The molecule has 30 heavy (non-hydrogen) atoms. The van der Waals surface area contributed by atoms with E-state index in [1.807, 2.05) is 66.7 Å². The van der Waals surface area contributed by atoms with Gasteiger partial charge in [0.15, 0.2) is 0 Å². The molecule has 0 saturated carbocycles. The Balaban J connectivity index is 1.70. The molecular weight excluding hydrogens is 395 g/mol. The average Bonchev–Trinajstić information content (AvgIpc) is 3.30. The normalized spacial score (nSPS) is 14.5. The lowest BCUT2D eigenvalue weighted by atomic mass is 10.1. The molecule has 0 bridgehead atoms. The lowest BCUT2D eigenvalue weighted by Gasteiger charge is -2.23. The predicted octanol–water partition coefficient (Wildman–Crippen LogP) is 5.99. The molecule has 5 nitrogen and oxygen atoms in total. The van der Waals surface area contributed by atoms with Crippen LogP contribution < -0.4 is 9.05 Å². The highest BCUT2D eigenvalue weighted by molar-refractivity contribution is 7.53. The molecular formula is C24H25N2O3P. The summed E-state index contributed by atoms with van der Waals surface area (Å²) in [6, 6.07) is 28.2. The second-order valence-electron chi connectivity index (χ2n) is 7.15. The van der Waals surface area contributed by atoms with Crippen LogP contribution in [-0.2, 0) is 11.0 Å². The Morgan fingerprint density at radius 1 is 0.767 bits per heavy atom. The number of hydrogen-bond donors (Lipinski definition) is 0. The number of para-hydroxylation sites is 2. The maximum absolute atomic E-state index is 13.9. The Morgan fingerprint density at radius 3 is 1.73 bits per heavy atom. The van der Waals surface area contributed by atoms with Gasteiger partial charge in [-0.15, -0.1) is 4.76 Å². The van der Waals surface area contributed by atoms with Crippen molar-refractivity contribution in [3.05, 3.63) is 96.6 Å². The second kappa shape index (κ2) is 9.64. The molecule has 0 amide bonds. The molecule has 0 radical (unpaired) electrons. The van der Waals surface area contributed by atoms with E-state index in [0.717, 1.165) is 37.3 Å². The van der Waals surface area contributed by atoms with Gasteiger partial charge >= 0.3 is 7.75 Å². The molecule has 1 aliphatic rings. The quantitative estimate of drug-likeness (QED) is 0.268. The fourth-order valence-electron chi connectivity index (χ4n) is 3.39. The van der Waals surface area contributed by atoms with Crippen molar-refractivity contribution in [2.75, 3.05) is 13.1 Å². The predicted molar refractivity (Wildman–Crippen MR) is 120 cm³/mol. The topological polar surface area (TPSA) is 51.1 Å². The molecule has 154 valence electrons. The third-order valence-electron chi connectivity index (χ3n) is 4.84. The van der Waals surface area contributed by atoms with Crippen molar-refractivity contribution in [1.29, 1.82) is 0 Å². The number of rotatable bonds is 7. The molecule has 1 aliphatic heterocycles. The van der Waals surface area contributed by atoms with Crippen LogP contribution in [0.2, 0.25) is 0 Å². The maximum Gasteiger partial charge on any atom is 0.564 e. The molecule has 4 rings (SSSR count). The smallest absolute Gasteiger partial charge is 0.399 e. The molecule has 0 unspecified atom stereocenters. The first-order valence-corrected chi connectivity index (χ1v) is 11.7. The third kappa shape index (κ3) is 5.52. The van der Waals surface area contributed by atoms with Crippen molar-refractivity contribution in [3.8, 4) is 11.5 Å². The first kappa shape index (κ1) is 20.2. The largest absolute Gasteiger partial charge is 0.564 e. The Bertz CT molecular complexity index is 959. The summed E-state index contributed by atoms with van der Waals surface area (Å²) >= 11 is 0.